The average molecular weight is 322 g/mol. The van der Waals surface area contributed by atoms with E-state index in [0.717, 1.165) is 16.9 Å². The van der Waals surface area contributed by atoms with Gasteiger partial charge in [-0.1, -0.05) is 30.3 Å². The molecule has 3 heterocycles. The second-order valence-electron chi connectivity index (χ2n) is 6.83. The predicted octanol–water partition coefficient (Wildman–Crippen LogP) is 2.33. The Balaban J connectivity index is 2.00. The minimum Gasteiger partial charge on any atom is -0.354 e. The average Bonchev–Trinajstić information content (AvgIpc) is 2.94. The van der Waals surface area contributed by atoms with Gasteiger partial charge >= 0.3 is 5.69 Å². The quantitative estimate of drug-likeness (QED) is 0.720. The highest BCUT2D eigenvalue weighted by Gasteiger charge is 2.30. The fourth-order valence-corrected chi connectivity index (χ4v) is 2.90. The molecule has 0 fully saturated rings. The van der Waals surface area contributed by atoms with Gasteiger partial charge in [0.05, 0.1) is 5.54 Å². The Kier molecular flexibility index (Phi) is 3.06. The van der Waals surface area contributed by atoms with Crippen LogP contribution in [-0.4, -0.2) is 30.9 Å². The molecule has 0 saturated carbocycles. The molecule has 0 amide bonds. The molecule has 0 bridgehead atoms. The predicted molar refractivity (Wildman–Crippen MR) is 93.5 cm³/mol. The van der Waals surface area contributed by atoms with Crippen molar-refractivity contribution in [1.82, 2.24) is 19.5 Å². The van der Waals surface area contributed by atoms with Gasteiger partial charge in [-0.05, 0) is 26.3 Å². The fourth-order valence-electron chi connectivity index (χ4n) is 2.90. The molecule has 122 valence electrons. The number of hydrogen-bond donors (Lipinski definition) is 2. The molecule has 2 N–H and O–H groups in total. The van der Waals surface area contributed by atoms with Gasteiger partial charge in [-0.15, -0.1) is 0 Å². The van der Waals surface area contributed by atoms with Crippen LogP contribution in [-0.2, 0) is 0 Å². The van der Waals surface area contributed by atoms with Crippen LogP contribution >= 0.6 is 0 Å². The summed E-state index contributed by atoms with van der Waals surface area (Å²) < 4.78 is 1.91. The van der Waals surface area contributed by atoms with E-state index in [1.807, 2.05) is 34.9 Å². The molecule has 3 aromatic rings. The van der Waals surface area contributed by atoms with E-state index in [9.17, 15) is 4.79 Å². The Morgan fingerprint density at radius 3 is 2.67 bits per heavy atom. The fraction of sp³-hybridized carbons (Fsp3) is 0.294. The highest BCUT2D eigenvalue weighted by atomic mass is 16.1. The normalized spacial score (nSPS) is 18.8. The van der Waals surface area contributed by atoms with Crippen LogP contribution in [0, 0.1) is 0 Å². The van der Waals surface area contributed by atoms with E-state index in [-0.39, 0.29) is 11.6 Å². The molecule has 0 saturated heterocycles. The number of aromatic nitrogens is 4. The third-order valence-electron chi connectivity index (χ3n) is 3.80. The molecule has 1 atom stereocenters. The first kappa shape index (κ1) is 14.6. The van der Waals surface area contributed by atoms with E-state index in [2.05, 4.69) is 41.0 Å². The molecule has 4 rings (SSSR count). The van der Waals surface area contributed by atoms with Gasteiger partial charge < -0.3 is 5.32 Å². The zero-order valence-corrected chi connectivity index (χ0v) is 13.7. The van der Waals surface area contributed by atoms with Crippen molar-refractivity contribution in [1.29, 1.82) is 0 Å². The third-order valence-corrected chi connectivity index (χ3v) is 3.80. The molecular formula is C17H18N6O. The topological polar surface area (TPSA) is 88.0 Å². The summed E-state index contributed by atoms with van der Waals surface area (Å²) in [5, 5.41) is 3.35. The summed E-state index contributed by atoms with van der Waals surface area (Å²) in [6, 6.07) is 9.79. The summed E-state index contributed by atoms with van der Waals surface area (Å²) in [6.45, 7) is 6.16. The number of aliphatic imine (C=N–C) groups is 1. The summed E-state index contributed by atoms with van der Waals surface area (Å²) in [5.41, 5.74) is 1.62. The van der Waals surface area contributed by atoms with Crippen molar-refractivity contribution in [3.05, 3.63) is 52.7 Å². The van der Waals surface area contributed by atoms with E-state index >= 15 is 0 Å². The Labute approximate surface area is 138 Å². The number of nitrogens with zero attached hydrogens (tertiary/aromatic N) is 4. The van der Waals surface area contributed by atoms with Gasteiger partial charge in [0.1, 0.15) is 23.7 Å². The molecule has 1 unspecified atom stereocenters. The van der Waals surface area contributed by atoms with Crippen molar-refractivity contribution in [2.75, 3.05) is 5.32 Å². The minimum atomic E-state index is -0.418. The molecule has 7 heteroatoms. The first-order valence-electron chi connectivity index (χ1n) is 7.81. The molecule has 24 heavy (non-hydrogen) atoms. The third kappa shape index (κ3) is 2.38. The lowest BCUT2D eigenvalue weighted by molar-refractivity contribution is 0.576. The highest BCUT2D eigenvalue weighted by molar-refractivity contribution is 6.04. The zero-order chi connectivity index (χ0) is 16.9. The lowest BCUT2D eigenvalue weighted by atomic mass is 10.0. The molecule has 0 radical (unpaired) electrons. The first-order chi connectivity index (χ1) is 11.4. The summed E-state index contributed by atoms with van der Waals surface area (Å²) in [4.78, 5) is 27.7. The van der Waals surface area contributed by atoms with Gasteiger partial charge in [-0.25, -0.2) is 9.78 Å². The second-order valence-corrected chi connectivity index (χ2v) is 6.83. The maximum Gasteiger partial charge on any atom is 0.348 e. The summed E-state index contributed by atoms with van der Waals surface area (Å²) in [7, 11) is 0. The summed E-state index contributed by atoms with van der Waals surface area (Å²) >= 11 is 0. The lowest BCUT2D eigenvalue weighted by Gasteiger charge is -2.29. The van der Waals surface area contributed by atoms with Gasteiger partial charge in [0, 0.05) is 0 Å². The van der Waals surface area contributed by atoms with Gasteiger partial charge in [0.2, 0.25) is 0 Å². The summed E-state index contributed by atoms with van der Waals surface area (Å²) in [6.07, 6.45) is 1.69. The standard InChI is InChI=1S/C17H18N6O/c1-17(2,3)22-15-11(10-7-5-4-6-8-10)19-14-12-13(18-9-23(12)15)20-16(24)21-14/h4-9,11H,1-3H3,(H2,19,20,21,24)/b22-15-. The number of nitrogens with one attached hydrogen (secondary N) is 2. The molecule has 2 aromatic heterocycles. The monoisotopic (exact) mass is 322 g/mol. The second kappa shape index (κ2) is 5.02. The number of imidazole rings is 1. The zero-order valence-electron chi connectivity index (χ0n) is 13.7. The smallest absolute Gasteiger partial charge is 0.348 e. The minimum absolute atomic E-state index is 0.204. The molecule has 0 aliphatic carbocycles. The molecule has 7 nitrogen and oxygen atoms in total. The van der Waals surface area contributed by atoms with Crippen LogP contribution < -0.4 is 11.0 Å². The Hall–Kier alpha value is -2.96. The highest BCUT2D eigenvalue weighted by Crippen LogP contribution is 2.31. The van der Waals surface area contributed by atoms with Crippen molar-refractivity contribution in [3.8, 4) is 0 Å². The number of rotatable bonds is 1. The molecule has 1 aliphatic rings. The number of anilines is 1. The van der Waals surface area contributed by atoms with Gasteiger partial charge in [-0.2, -0.15) is 4.98 Å². The van der Waals surface area contributed by atoms with Crippen LogP contribution in [0.25, 0.3) is 11.2 Å². The number of H-pyrrole nitrogens is 1. The maximum atomic E-state index is 11.8. The Bertz CT molecular complexity index is 993. The number of aromatic amines is 1. The summed E-state index contributed by atoms with van der Waals surface area (Å²) in [5.74, 6) is 1.35. The van der Waals surface area contributed by atoms with E-state index < -0.39 is 5.69 Å². The van der Waals surface area contributed by atoms with E-state index in [1.165, 1.54) is 0 Å². The van der Waals surface area contributed by atoms with Gasteiger partial charge in [0.25, 0.3) is 0 Å². The lowest BCUT2D eigenvalue weighted by Crippen LogP contribution is -2.34. The van der Waals surface area contributed by atoms with Crippen LogP contribution in [0.2, 0.25) is 0 Å². The van der Waals surface area contributed by atoms with Crippen LogP contribution in [0.4, 0.5) is 5.82 Å². The van der Waals surface area contributed by atoms with Crippen LogP contribution in [0.3, 0.4) is 0 Å². The maximum absolute atomic E-state index is 11.8. The molecule has 0 spiro atoms. The largest absolute Gasteiger partial charge is 0.354 e. The molecule has 1 aromatic carbocycles. The van der Waals surface area contributed by atoms with E-state index in [1.54, 1.807) is 6.33 Å². The van der Waals surface area contributed by atoms with Crippen molar-refractivity contribution in [2.45, 2.75) is 32.4 Å². The van der Waals surface area contributed by atoms with Crippen molar-refractivity contribution in [2.24, 2.45) is 4.99 Å². The van der Waals surface area contributed by atoms with E-state index in [4.69, 9.17) is 4.99 Å². The van der Waals surface area contributed by atoms with Crippen LogP contribution in [0.5, 0.6) is 0 Å². The Morgan fingerprint density at radius 2 is 1.96 bits per heavy atom. The number of hydrogen-bond acceptors (Lipinski definition) is 5. The first-order valence-corrected chi connectivity index (χ1v) is 7.81. The van der Waals surface area contributed by atoms with Crippen LogP contribution in [0.15, 0.2) is 46.4 Å². The van der Waals surface area contributed by atoms with E-state index in [0.29, 0.717) is 11.5 Å². The van der Waals surface area contributed by atoms with Crippen LogP contribution in [0.1, 0.15) is 32.4 Å². The Morgan fingerprint density at radius 1 is 1.21 bits per heavy atom. The van der Waals surface area contributed by atoms with Crippen molar-refractivity contribution >= 4 is 22.8 Å². The van der Waals surface area contributed by atoms with Gasteiger partial charge in [0.15, 0.2) is 11.5 Å². The van der Waals surface area contributed by atoms with Gasteiger partial charge in [-0.3, -0.25) is 14.5 Å². The number of benzene rings is 1. The SMILES string of the molecule is CC(C)(C)/N=C1/C(c2ccccc2)Nc2nc(=O)[nH]c3ncn1c23. The molecule has 1 aliphatic heterocycles. The van der Waals surface area contributed by atoms with Crippen molar-refractivity contribution in [3.63, 3.8) is 0 Å². The van der Waals surface area contributed by atoms with Crippen molar-refractivity contribution < 1.29 is 0 Å². The molecular weight excluding hydrogens is 304 g/mol.